The standard InChI is InChI=1S/C15H22N2O2/c1-5-10-19-12-9-7-8-11-13(12)16-14(18)15(3,4)17(11)6-2/h7-9H,5-6,10H2,1-4H3,(H,16,18). The summed E-state index contributed by atoms with van der Waals surface area (Å²) < 4.78 is 5.72. The first kappa shape index (κ1) is 13.7. The summed E-state index contributed by atoms with van der Waals surface area (Å²) in [5.74, 6) is 0.760. The lowest BCUT2D eigenvalue weighted by atomic mass is 9.96. The highest BCUT2D eigenvalue weighted by Gasteiger charge is 2.40. The molecular formula is C15H22N2O2. The van der Waals surface area contributed by atoms with Crippen LogP contribution in [0.4, 0.5) is 11.4 Å². The topological polar surface area (TPSA) is 41.6 Å². The molecule has 0 bridgehead atoms. The molecule has 1 heterocycles. The molecule has 1 aliphatic heterocycles. The molecule has 0 spiro atoms. The van der Waals surface area contributed by atoms with Gasteiger partial charge in [0.2, 0.25) is 5.91 Å². The van der Waals surface area contributed by atoms with E-state index in [1.54, 1.807) is 0 Å². The number of carbonyl (C=O) groups is 1. The molecule has 1 aliphatic rings. The number of ether oxygens (including phenoxy) is 1. The van der Waals surface area contributed by atoms with E-state index < -0.39 is 5.54 Å². The molecule has 0 saturated carbocycles. The number of benzene rings is 1. The van der Waals surface area contributed by atoms with E-state index in [1.165, 1.54) is 0 Å². The van der Waals surface area contributed by atoms with Gasteiger partial charge in [-0.05, 0) is 39.3 Å². The van der Waals surface area contributed by atoms with Crippen molar-refractivity contribution in [2.45, 2.75) is 39.7 Å². The average Bonchev–Trinajstić information content (AvgIpc) is 2.38. The number of nitrogens with one attached hydrogen (secondary N) is 1. The molecular weight excluding hydrogens is 240 g/mol. The Bertz CT molecular complexity index is 483. The molecule has 2 rings (SSSR count). The van der Waals surface area contributed by atoms with Crippen LogP contribution in [0.25, 0.3) is 0 Å². The fourth-order valence-electron chi connectivity index (χ4n) is 2.46. The molecule has 1 N–H and O–H groups in total. The summed E-state index contributed by atoms with van der Waals surface area (Å²) in [6, 6.07) is 5.90. The third-order valence-electron chi connectivity index (χ3n) is 3.54. The van der Waals surface area contributed by atoms with Gasteiger partial charge in [-0.1, -0.05) is 13.0 Å². The van der Waals surface area contributed by atoms with Gasteiger partial charge in [-0.2, -0.15) is 0 Å². The second kappa shape index (κ2) is 5.11. The van der Waals surface area contributed by atoms with Crippen molar-refractivity contribution in [1.82, 2.24) is 0 Å². The van der Waals surface area contributed by atoms with Gasteiger partial charge in [0.25, 0.3) is 0 Å². The van der Waals surface area contributed by atoms with Gasteiger partial charge in [-0.3, -0.25) is 4.79 Å². The number of rotatable bonds is 4. The lowest BCUT2D eigenvalue weighted by Gasteiger charge is -2.43. The molecule has 104 valence electrons. The van der Waals surface area contributed by atoms with Crippen LogP contribution in [0, 0.1) is 0 Å². The summed E-state index contributed by atoms with van der Waals surface area (Å²) in [5, 5.41) is 2.99. The van der Waals surface area contributed by atoms with Crippen molar-refractivity contribution >= 4 is 17.3 Å². The van der Waals surface area contributed by atoms with E-state index in [-0.39, 0.29) is 5.91 Å². The summed E-state index contributed by atoms with van der Waals surface area (Å²) in [6.45, 7) is 9.44. The lowest BCUT2D eigenvalue weighted by Crippen LogP contribution is -2.56. The van der Waals surface area contributed by atoms with E-state index in [1.807, 2.05) is 32.0 Å². The van der Waals surface area contributed by atoms with Crippen LogP contribution in [0.15, 0.2) is 18.2 Å². The lowest BCUT2D eigenvalue weighted by molar-refractivity contribution is -0.120. The van der Waals surface area contributed by atoms with Crippen LogP contribution in [0.3, 0.4) is 0 Å². The summed E-state index contributed by atoms with van der Waals surface area (Å²) in [6.07, 6.45) is 0.945. The van der Waals surface area contributed by atoms with Gasteiger partial charge < -0.3 is 15.0 Å². The van der Waals surface area contributed by atoms with Crippen LogP contribution in [0.1, 0.15) is 34.1 Å². The van der Waals surface area contributed by atoms with E-state index in [0.717, 1.165) is 30.1 Å². The number of hydrogen-bond donors (Lipinski definition) is 1. The van der Waals surface area contributed by atoms with Crippen molar-refractivity contribution < 1.29 is 9.53 Å². The SMILES string of the molecule is CCCOc1cccc2c1NC(=O)C(C)(C)N2CC. The van der Waals surface area contributed by atoms with Gasteiger partial charge in [0.05, 0.1) is 12.3 Å². The molecule has 1 aromatic carbocycles. The number of para-hydroxylation sites is 1. The number of nitrogens with zero attached hydrogens (tertiary/aromatic N) is 1. The van der Waals surface area contributed by atoms with Crippen LogP contribution >= 0.6 is 0 Å². The minimum Gasteiger partial charge on any atom is -0.491 e. The zero-order valence-electron chi connectivity index (χ0n) is 12.1. The molecule has 0 radical (unpaired) electrons. The second-order valence-corrected chi connectivity index (χ2v) is 5.26. The fourth-order valence-corrected chi connectivity index (χ4v) is 2.46. The van der Waals surface area contributed by atoms with Crippen molar-refractivity contribution in [3.05, 3.63) is 18.2 Å². The van der Waals surface area contributed by atoms with Gasteiger partial charge >= 0.3 is 0 Å². The van der Waals surface area contributed by atoms with Gasteiger partial charge in [-0.25, -0.2) is 0 Å². The maximum atomic E-state index is 12.3. The summed E-state index contributed by atoms with van der Waals surface area (Å²) in [4.78, 5) is 14.4. The van der Waals surface area contributed by atoms with E-state index in [0.29, 0.717) is 6.61 Å². The Labute approximate surface area is 114 Å². The molecule has 0 aliphatic carbocycles. The van der Waals surface area contributed by atoms with E-state index >= 15 is 0 Å². The number of amides is 1. The fraction of sp³-hybridized carbons (Fsp3) is 0.533. The summed E-state index contributed by atoms with van der Waals surface area (Å²) in [5.41, 5.74) is 1.29. The Morgan fingerprint density at radius 3 is 2.68 bits per heavy atom. The third kappa shape index (κ3) is 2.27. The van der Waals surface area contributed by atoms with Crippen molar-refractivity contribution in [3.63, 3.8) is 0 Å². The number of anilines is 2. The number of hydrogen-bond acceptors (Lipinski definition) is 3. The van der Waals surface area contributed by atoms with Crippen LogP contribution in [0.5, 0.6) is 5.75 Å². The molecule has 0 saturated heterocycles. The second-order valence-electron chi connectivity index (χ2n) is 5.26. The molecule has 0 fully saturated rings. The van der Waals surface area contributed by atoms with Gasteiger partial charge in [0.15, 0.2) is 0 Å². The highest BCUT2D eigenvalue weighted by molar-refractivity contribution is 6.07. The quantitative estimate of drug-likeness (QED) is 0.906. The Morgan fingerprint density at radius 1 is 1.32 bits per heavy atom. The Morgan fingerprint density at radius 2 is 2.05 bits per heavy atom. The van der Waals surface area contributed by atoms with Crippen LogP contribution in [0.2, 0.25) is 0 Å². The maximum Gasteiger partial charge on any atom is 0.249 e. The number of fused-ring (bicyclic) bond motifs is 1. The largest absolute Gasteiger partial charge is 0.491 e. The minimum absolute atomic E-state index is 0.00870. The molecule has 0 atom stereocenters. The highest BCUT2D eigenvalue weighted by atomic mass is 16.5. The molecule has 4 heteroatoms. The first-order valence-corrected chi connectivity index (χ1v) is 6.87. The van der Waals surface area contributed by atoms with E-state index in [4.69, 9.17) is 4.74 Å². The monoisotopic (exact) mass is 262 g/mol. The first-order chi connectivity index (χ1) is 9.02. The van der Waals surface area contributed by atoms with Gasteiger partial charge in [-0.15, -0.1) is 0 Å². The van der Waals surface area contributed by atoms with E-state index in [9.17, 15) is 4.79 Å². The summed E-state index contributed by atoms with van der Waals surface area (Å²) >= 11 is 0. The Hall–Kier alpha value is -1.71. The molecule has 0 aromatic heterocycles. The predicted molar refractivity (Wildman–Crippen MR) is 78.0 cm³/mol. The Balaban J connectivity index is 2.46. The van der Waals surface area contributed by atoms with E-state index in [2.05, 4.69) is 24.1 Å². The molecule has 0 unspecified atom stereocenters. The van der Waals surface area contributed by atoms with Crippen LogP contribution in [-0.2, 0) is 4.79 Å². The number of likely N-dealkylation sites (N-methyl/N-ethyl adjacent to an activating group) is 1. The van der Waals surface area contributed by atoms with Crippen LogP contribution < -0.4 is 15.0 Å². The molecule has 1 aromatic rings. The zero-order valence-corrected chi connectivity index (χ0v) is 12.1. The van der Waals surface area contributed by atoms with Gasteiger partial charge in [0.1, 0.15) is 17.0 Å². The first-order valence-electron chi connectivity index (χ1n) is 6.87. The molecule has 4 nitrogen and oxygen atoms in total. The van der Waals surface area contributed by atoms with Crippen molar-refractivity contribution in [1.29, 1.82) is 0 Å². The Kier molecular flexibility index (Phi) is 3.69. The number of carbonyl (C=O) groups excluding carboxylic acids is 1. The average molecular weight is 262 g/mol. The van der Waals surface area contributed by atoms with Crippen molar-refractivity contribution in [3.8, 4) is 5.75 Å². The van der Waals surface area contributed by atoms with Crippen LogP contribution in [-0.4, -0.2) is 24.6 Å². The minimum atomic E-state index is -0.537. The maximum absolute atomic E-state index is 12.3. The third-order valence-corrected chi connectivity index (χ3v) is 3.54. The normalized spacial score (nSPS) is 16.8. The zero-order chi connectivity index (χ0) is 14.0. The van der Waals surface area contributed by atoms with Crippen molar-refractivity contribution in [2.24, 2.45) is 0 Å². The van der Waals surface area contributed by atoms with Gasteiger partial charge in [0, 0.05) is 6.54 Å². The summed E-state index contributed by atoms with van der Waals surface area (Å²) in [7, 11) is 0. The van der Waals surface area contributed by atoms with Crippen molar-refractivity contribution in [2.75, 3.05) is 23.4 Å². The molecule has 1 amide bonds. The predicted octanol–water partition coefficient (Wildman–Crippen LogP) is 3.03. The highest BCUT2D eigenvalue weighted by Crippen LogP contribution is 2.42. The molecule has 19 heavy (non-hydrogen) atoms. The smallest absolute Gasteiger partial charge is 0.249 e.